The Labute approximate surface area is 145 Å². The molecular formula is C22H27NO. The van der Waals surface area contributed by atoms with E-state index in [1.807, 2.05) is 30.3 Å². The first kappa shape index (κ1) is 18.1. The third-order valence-electron chi connectivity index (χ3n) is 4.11. The number of aliphatic imine (C=N–C) groups is 1. The van der Waals surface area contributed by atoms with Crippen LogP contribution in [0.15, 0.2) is 53.5 Å². The predicted octanol–water partition coefficient (Wildman–Crippen LogP) is 6.03. The van der Waals surface area contributed by atoms with Crippen molar-refractivity contribution in [3.05, 3.63) is 65.2 Å². The molecule has 0 aliphatic heterocycles. The number of carbonyl (C=O) groups excluding carboxylic acids is 1. The van der Waals surface area contributed by atoms with E-state index in [2.05, 4.69) is 45.9 Å². The Balaban J connectivity index is 2.66. The second-order valence-corrected chi connectivity index (χ2v) is 6.90. The third kappa shape index (κ3) is 4.41. The van der Waals surface area contributed by atoms with Gasteiger partial charge in [-0.1, -0.05) is 76.2 Å². The van der Waals surface area contributed by atoms with Crippen LogP contribution >= 0.6 is 0 Å². The van der Waals surface area contributed by atoms with Crippen LogP contribution in [0.25, 0.3) is 0 Å². The van der Waals surface area contributed by atoms with E-state index in [0.717, 1.165) is 17.0 Å². The monoisotopic (exact) mass is 321 g/mol. The van der Waals surface area contributed by atoms with Gasteiger partial charge in [-0.05, 0) is 35.4 Å². The standard InChI is InChI=1S/C22H27NO/c1-15(2)19-12-9-13-20(16(3)4)22(19)23-21(14-17(5)24)18-10-7-6-8-11-18/h6-13,15-16H,14H2,1-5H3/b23-21+. The zero-order chi connectivity index (χ0) is 17.7. The second kappa shape index (κ2) is 8.05. The Kier molecular flexibility index (Phi) is 6.08. The van der Waals surface area contributed by atoms with E-state index in [1.165, 1.54) is 11.1 Å². The summed E-state index contributed by atoms with van der Waals surface area (Å²) >= 11 is 0. The molecule has 0 radical (unpaired) electrons. The molecule has 0 saturated carbocycles. The molecule has 0 saturated heterocycles. The molecule has 0 aromatic heterocycles. The summed E-state index contributed by atoms with van der Waals surface area (Å²) in [5.41, 5.74) is 5.36. The fraction of sp³-hybridized carbons (Fsp3) is 0.364. The number of nitrogens with zero attached hydrogens (tertiary/aromatic N) is 1. The van der Waals surface area contributed by atoms with Crippen LogP contribution in [0.1, 0.15) is 69.6 Å². The van der Waals surface area contributed by atoms with Crippen LogP contribution in [0.5, 0.6) is 0 Å². The maximum absolute atomic E-state index is 11.8. The van der Waals surface area contributed by atoms with E-state index >= 15 is 0 Å². The van der Waals surface area contributed by atoms with Gasteiger partial charge in [-0.25, -0.2) is 0 Å². The molecule has 24 heavy (non-hydrogen) atoms. The summed E-state index contributed by atoms with van der Waals surface area (Å²) in [6.45, 7) is 10.4. The molecule has 2 aromatic rings. The maximum atomic E-state index is 11.8. The van der Waals surface area contributed by atoms with Gasteiger partial charge >= 0.3 is 0 Å². The molecule has 0 aliphatic rings. The minimum Gasteiger partial charge on any atom is -0.300 e. The fourth-order valence-corrected chi connectivity index (χ4v) is 2.85. The summed E-state index contributed by atoms with van der Waals surface area (Å²) in [6.07, 6.45) is 0.355. The molecule has 2 heteroatoms. The largest absolute Gasteiger partial charge is 0.300 e. The molecule has 0 spiro atoms. The van der Waals surface area contributed by atoms with Crippen LogP contribution in [-0.2, 0) is 4.79 Å². The van der Waals surface area contributed by atoms with E-state index in [0.29, 0.717) is 18.3 Å². The highest BCUT2D eigenvalue weighted by molar-refractivity contribution is 6.11. The lowest BCUT2D eigenvalue weighted by atomic mass is 9.92. The number of hydrogen-bond acceptors (Lipinski definition) is 2. The molecule has 0 unspecified atom stereocenters. The number of benzene rings is 2. The van der Waals surface area contributed by atoms with Crippen LogP contribution < -0.4 is 0 Å². The molecule has 2 aromatic carbocycles. The summed E-state index contributed by atoms with van der Waals surface area (Å²) < 4.78 is 0. The van der Waals surface area contributed by atoms with Gasteiger partial charge in [-0.3, -0.25) is 9.79 Å². The summed E-state index contributed by atoms with van der Waals surface area (Å²) in [4.78, 5) is 16.8. The van der Waals surface area contributed by atoms with Gasteiger partial charge in [-0.15, -0.1) is 0 Å². The van der Waals surface area contributed by atoms with Crippen LogP contribution in [0.2, 0.25) is 0 Å². The molecule has 0 heterocycles. The van der Waals surface area contributed by atoms with Crippen LogP contribution in [0.4, 0.5) is 5.69 Å². The average molecular weight is 321 g/mol. The van der Waals surface area contributed by atoms with E-state index in [-0.39, 0.29) is 5.78 Å². The average Bonchev–Trinajstić information content (AvgIpc) is 2.54. The molecule has 126 valence electrons. The van der Waals surface area contributed by atoms with E-state index < -0.39 is 0 Å². The van der Waals surface area contributed by atoms with Crippen molar-refractivity contribution in [3.63, 3.8) is 0 Å². The van der Waals surface area contributed by atoms with Crippen LogP contribution in [0, 0.1) is 0 Å². The Morgan fingerprint density at radius 2 is 1.42 bits per heavy atom. The number of carbonyl (C=O) groups is 1. The number of hydrogen-bond donors (Lipinski definition) is 0. The normalized spacial score (nSPS) is 12.0. The van der Waals surface area contributed by atoms with Crippen molar-refractivity contribution in [3.8, 4) is 0 Å². The molecular weight excluding hydrogens is 294 g/mol. The lowest BCUT2D eigenvalue weighted by Gasteiger charge is -2.17. The smallest absolute Gasteiger partial charge is 0.135 e. The van der Waals surface area contributed by atoms with Crippen molar-refractivity contribution in [2.24, 2.45) is 4.99 Å². The zero-order valence-electron chi connectivity index (χ0n) is 15.3. The SMILES string of the molecule is CC(=O)C/C(=N\c1c(C(C)C)cccc1C(C)C)c1ccccc1. The van der Waals surface area contributed by atoms with Gasteiger partial charge in [-0.2, -0.15) is 0 Å². The van der Waals surface area contributed by atoms with Crippen molar-refractivity contribution in [1.82, 2.24) is 0 Å². The number of ketones is 1. The van der Waals surface area contributed by atoms with Gasteiger partial charge < -0.3 is 0 Å². The van der Waals surface area contributed by atoms with Gasteiger partial charge in [0.1, 0.15) is 5.78 Å². The lowest BCUT2D eigenvalue weighted by Crippen LogP contribution is -2.07. The third-order valence-corrected chi connectivity index (χ3v) is 4.11. The van der Waals surface area contributed by atoms with Crippen molar-refractivity contribution in [1.29, 1.82) is 0 Å². The zero-order valence-corrected chi connectivity index (χ0v) is 15.3. The highest BCUT2D eigenvalue weighted by Gasteiger charge is 2.15. The Bertz CT molecular complexity index is 701. The molecule has 2 nitrogen and oxygen atoms in total. The summed E-state index contributed by atoms with van der Waals surface area (Å²) in [5.74, 6) is 0.902. The Hall–Kier alpha value is -2.22. The van der Waals surface area contributed by atoms with Gasteiger partial charge in [0.2, 0.25) is 0 Å². The molecule has 2 rings (SSSR count). The van der Waals surface area contributed by atoms with Crippen LogP contribution in [-0.4, -0.2) is 11.5 Å². The second-order valence-electron chi connectivity index (χ2n) is 6.90. The van der Waals surface area contributed by atoms with Gasteiger partial charge in [0.15, 0.2) is 0 Å². The number of Topliss-reactive ketones (excluding diaryl/α,β-unsaturated/α-hetero) is 1. The number of para-hydroxylation sites is 1. The minimum absolute atomic E-state index is 0.130. The van der Waals surface area contributed by atoms with Crippen molar-refractivity contribution in [2.75, 3.05) is 0 Å². The molecule has 0 aliphatic carbocycles. The molecule has 0 fully saturated rings. The topological polar surface area (TPSA) is 29.4 Å². The summed E-state index contributed by atoms with van der Waals surface area (Å²) in [7, 11) is 0. The van der Waals surface area contributed by atoms with Crippen molar-refractivity contribution >= 4 is 17.2 Å². The highest BCUT2D eigenvalue weighted by Crippen LogP contribution is 2.35. The first-order valence-electron chi connectivity index (χ1n) is 8.65. The summed E-state index contributed by atoms with van der Waals surface area (Å²) in [6, 6.07) is 16.4. The van der Waals surface area contributed by atoms with Crippen LogP contribution in [0.3, 0.4) is 0 Å². The Morgan fingerprint density at radius 1 is 0.875 bits per heavy atom. The molecule has 0 amide bonds. The fourth-order valence-electron chi connectivity index (χ4n) is 2.85. The van der Waals surface area contributed by atoms with Gasteiger partial charge in [0.05, 0.1) is 11.4 Å². The molecule has 0 bridgehead atoms. The molecule has 0 N–H and O–H groups in total. The van der Waals surface area contributed by atoms with E-state index in [9.17, 15) is 4.79 Å². The number of rotatable bonds is 6. The van der Waals surface area contributed by atoms with E-state index in [4.69, 9.17) is 4.99 Å². The van der Waals surface area contributed by atoms with Crippen molar-refractivity contribution in [2.45, 2.75) is 52.9 Å². The summed E-state index contributed by atoms with van der Waals surface area (Å²) in [5, 5.41) is 0. The highest BCUT2D eigenvalue weighted by atomic mass is 16.1. The predicted molar refractivity (Wildman–Crippen MR) is 103 cm³/mol. The lowest BCUT2D eigenvalue weighted by molar-refractivity contribution is -0.115. The Morgan fingerprint density at radius 3 is 1.88 bits per heavy atom. The van der Waals surface area contributed by atoms with Crippen molar-refractivity contribution < 1.29 is 4.79 Å². The quantitative estimate of drug-likeness (QED) is 0.597. The molecule has 0 atom stereocenters. The van der Waals surface area contributed by atoms with Gasteiger partial charge in [0.25, 0.3) is 0 Å². The first-order chi connectivity index (χ1) is 11.4. The minimum atomic E-state index is 0.130. The first-order valence-corrected chi connectivity index (χ1v) is 8.65. The van der Waals surface area contributed by atoms with E-state index in [1.54, 1.807) is 6.92 Å². The van der Waals surface area contributed by atoms with Gasteiger partial charge in [0, 0.05) is 6.42 Å². The maximum Gasteiger partial charge on any atom is 0.135 e.